The Morgan fingerprint density at radius 1 is 1.14 bits per heavy atom. The molecule has 0 heterocycles. The van der Waals surface area contributed by atoms with Crippen molar-refractivity contribution in [2.75, 3.05) is 5.32 Å². The summed E-state index contributed by atoms with van der Waals surface area (Å²) in [6, 6.07) is 15.3. The lowest BCUT2D eigenvalue weighted by Crippen LogP contribution is -2.13. The van der Waals surface area contributed by atoms with Gasteiger partial charge in [0.15, 0.2) is 0 Å². The Kier molecular flexibility index (Phi) is 4.28. The standard InChI is InChI=1S/C18H19FN2/c1-13-4-5-14(10-17(13)19)11-21-16-8-6-15(7-9-16)18(2,3)12-20/h4-10,21H,11H2,1-3H3. The minimum atomic E-state index is -0.487. The zero-order chi connectivity index (χ0) is 15.5. The molecule has 2 rings (SSSR count). The Morgan fingerprint density at radius 3 is 2.38 bits per heavy atom. The molecule has 0 fully saturated rings. The maximum absolute atomic E-state index is 13.5. The Balaban J connectivity index is 2.04. The number of anilines is 1. The van der Waals surface area contributed by atoms with Gasteiger partial charge in [0.05, 0.1) is 11.5 Å². The molecule has 0 amide bonds. The molecule has 0 saturated heterocycles. The first kappa shape index (κ1) is 15.1. The van der Waals surface area contributed by atoms with Crippen LogP contribution >= 0.6 is 0 Å². The van der Waals surface area contributed by atoms with E-state index in [9.17, 15) is 4.39 Å². The van der Waals surface area contributed by atoms with E-state index in [1.54, 1.807) is 19.1 Å². The first-order valence-corrected chi connectivity index (χ1v) is 6.93. The van der Waals surface area contributed by atoms with Crippen molar-refractivity contribution in [1.82, 2.24) is 0 Å². The second-order valence-corrected chi connectivity index (χ2v) is 5.75. The topological polar surface area (TPSA) is 35.8 Å². The SMILES string of the molecule is Cc1ccc(CNc2ccc(C(C)(C)C#N)cc2)cc1F. The maximum Gasteiger partial charge on any atom is 0.126 e. The Hall–Kier alpha value is -2.34. The van der Waals surface area contributed by atoms with E-state index in [1.807, 2.05) is 44.2 Å². The number of hydrogen-bond donors (Lipinski definition) is 1. The smallest absolute Gasteiger partial charge is 0.126 e. The molecule has 108 valence electrons. The molecule has 0 aromatic heterocycles. The molecule has 0 saturated carbocycles. The van der Waals surface area contributed by atoms with Gasteiger partial charge in [-0.05, 0) is 55.7 Å². The van der Waals surface area contributed by atoms with Gasteiger partial charge in [-0.2, -0.15) is 5.26 Å². The van der Waals surface area contributed by atoms with Gasteiger partial charge in [0.1, 0.15) is 5.82 Å². The number of nitrogens with one attached hydrogen (secondary N) is 1. The molecule has 0 atom stereocenters. The molecule has 0 bridgehead atoms. The number of benzene rings is 2. The average molecular weight is 282 g/mol. The van der Waals surface area contributed by atoms with Crippen molar-refractivity contribution in [2.45, 2.75) is 32.7 Å². The second-order valence-electron chi connectivity index (χ2n) is 5.75. The quantitative estimate of drug-likeness (QED) is 0.893. The van der Waals surface area contributed by atoms with Crippen LogP contribution in [0.1, 0.15) is 30.5 Å². The zero-order valence-electron chi connectivity index (χ0n) is 12.6. The number of nitriles is 1. The first-order chi connectivity index (χ1) is 9.92. The van der Waals surface area contributed by atoms with Gasteiger partial charge in [-0.1, -0.05) is 24.3 Å². The van der Waals surface area contributed by atoms with Crippen LogP contribution in [0, 0.1) is 24.1 Å². The van der Waals surface area contributed by atoms with Crippen molar-refractivity contribution in [3.63, 3.8) is 0 Å². The molecule has 2 aromatic rings. The number of rotatable bonds is 4. The van der Waals surface area contributed by atoms with Crippen LogP contribution in [0.2, 0.25) is 0 Å². The summed E-state index contributed by atoms with van der Waals surface area (Å²) in [6.07, 6.45) is 0. The molecule has 2 aromatic carbocycles. The van der Waals surface area contributed by atoms with Gasteiger partial charge in [0.2, 0.25) is 0 Å². The molecule has 0 radical (unpaired) electrons. The molecular weight excluding hydrogens is 263 g/mol. The minimum absolute atomic E-state index is 0.180. The third-order valence-electron chi connectivity index (χ3n) is 3.62. The molecule has 2 nitrogen and oxygen atoms in total. The normalized spacial score (nSPS) is 11.0. The Labute approximate surface area is 125 Å². The summed E-state index contributed by atoms with van der Waals surface area (Å²) in [5.41, 5.74) is 3.00. The van der Waals surface area contributed by atoms with E-state index >= 15 is 0 Å². The third-order valence-corrected chi connectivity index (χ3v) is 3.62. The third kappa shape index (κ3) is 3.61. The summed E-state index contributed by atoms with van der Waals surface area (Å²) < 4.78 is 13.5. The summed E-state index contributed by atoms with van der Waals surface area (Å²) in [7, 11) is 0. The highest BCUT2D eigenvalue weighted by Gasteiger charge is 2.18. The zero-order valence-corrected chi connectivity index (χ0v) is 12.6. The van der Waals surface area contributed by atoms with Crippen molar-refractivity contribution in [3.05, 3.63) is 65.0 Å². The van der Waals surface area contributed by atoms with Gasteiger partial charge >= 0.3 is 0 Å². The van der Waals surface area contributed by atoms with Gasteiger partial charge in [-0.15, -0.1) is 0 Å². The number of halogens is 1. The number of aryl methyl sites for hydroxylation is 1. The lowest BCUT2D eigenvalue weighted by atomic mass is 9.86. The molecule has 0 aliphatic heterocycles. The van der Waals surface area contributed by atoms with Crippen LogP contribution in [0.3, 0.4) is 0 Å². The Bertz CT molecular complexity index is 667. The van der Waals surface area contributed by atoms with Crippen LogP contribution in [0.25, 0.3) is 0 Å². The van der Waals surface area contributed by atoms with Crippen LogP contribution < -0.4 is 5.32 Å². The fourth-order valence-corrected chi connectivity index (χ4v) is 2.02. The summed E-state index contributed by atoms with van der Waals surface area (Å²) in [5.74, 6) is -0.180. The highest BCUT2D eigenvalue weighted by Crippen LogP contribution is 2.23. The molecule has 21 heavy (non-hydrogen) atoms. The summed E-state index contributed by atoms with van der Waals surface area (Å²) in [4.78, 5) is 0. The van der Waals surface area contributed by atoms with Crippen molar-refractivity contribution in [2.24, 2.45) is 0 Å². The largest absolute Gasteiger partial charge is 0.381 e. The van der Waals surface area contributed by atoms with Gasteiger partial charge in [-0.3, -0.25) is 0 Å². The van der Waals surface area contributed by atoms with Crippen molar-refractivity contribution in [1.29, 1.82) is 5.26 Å². The van der Waals surface area contributed by atoms with E-state index in [0.29, 0.717) is 12.1 Å². The molecule has 0 spiro atoms. The Morgan fingerprint density at radius 2 is 1.81 bits per heavy atom. The van der Waals surface area contributed by atoms with Gasteiger partial charge in [0, 0.05) is 12.2 Å². The average Bonchev–Trinajstić information content (AvgIpc) is 2.49. The molecular formula is C18H19FN2. The number of nitrogens with zero attached hydrogens (tertiary/aromatic N) is 1. The van der Waals surface area contributed by atoms with Crippen molar-refractivity contribution >= 4 is 5.69 Å². The molecule has 1 N–H and O–H groups in total. The molecule has 3 heteroatoms. The van der Waals surface area contributed by atoms with E-state index in [4.69, 9.17) is 5.26 Å². The lowest BCUT2D eigenvalue weighted by molar-refractivity contribution is 0.616. The van der Waals surface area contributed by atoms with Crippen LogP contribution in [0.4, 0.5) is 10.1 Å². The summed E-state index contributed by atoms with van der Waals surface area (Å²) >= 11 is 0. The van der Waals surface area contributed by atoms with Gasteiger partial charge in [0.25, 0.3) is 0 Å². The van der Waals surface area contributed by atoms with E-state index in [1.165, 1.54) is 0 Å². The fourth-order valence-electron chi connectivity index (χ4n) is 2.02. The van der Waals surface area contributed by atoms with Crippen LogP contribution in [0.15, 0.2) is 42.5 Å². The highest BCUT2D eigenvalue weighted by atomic mass is 19.1. The van der Waals surface area contributed by atoms with Crippen molar-refractivity contribution in [3.8, 4) is 6.07 Å². The van der Waals surface area contributed by atoms with Crippen LogP contribution in [-0.2, 0) is 12.0 Å². The molecule has 0 unspecified atom stereocenters. The maximum atomic E-state index is 13.5. The summed E-state index contributed by atoms with van der Waals surface area (Å²) in [5, 5.41) is 12.4. The van der Waals surface area contributed by atoms with Gasteiger partial charge in [-0.25, -0.2) is 4.39 Å². The van der Waals surface area contributed by atoms with E-state index in [0.717, 1.165) is 16.8 Å². The van der Waals surface area contributed by atoms with E-state index in [-0.39, 0.29) is 5.82 Å². The minimum Gasteiger partial charge on any atom is -0.381 e. The van der Waals surface area contributed by atoms with Crippen molar-refractivity contribution < 1.29 is 4.39 Å². The fraction of sp³-hybridized carbons (Fsp3) is 0.278. The van der Waals surface area contributed by atoms with Gasteiger partial charge < -0.3 is 5.32 Å². The monoisotopic (exact) mass is 282 g/mol. The van der Waals surface area contributed by atoms with Crippen LogP contribution in [0.5, 0.6) is 0 Å². The highest BCUT2D eigenvalue weighted by molar-refractivity contribution is 5.47. The van der Waals surface area contributed by atoms with E-state index < -0.39 is 5.41 Å². The van der Waals surface area contributed by atoms with Crippen LogP contribution in [-0.4, -0.2) is 0 Å². The van der Waals surface area contributed by atoms with E-state index in [2.05, 4.69) is 11.4 Å². The summed E-state index contributed by atoms with van der Waals surface area (Å²) in [6.45, 7) is 6.11. The predicted molar refractivity (Wildman–Crippen MR) is 83.5 cm³/mol. The number of hydrogen-bond acceptors (Lipinski definition) is 2. The first-order valence-electron chi connectivity index (χ1n) is 6.93. The second kappa shape index (κ2) is 5.97. The molecule has 0 aliphatic rings. The predicted octanol–water partition coefficient (Wildman–Crippen LogP) is 4.55. The molecule has 0 aliphatic carbocycles. The lowest BCUT2D eigenvalue weighted by Gasteiger charge is -2.16.